The molecule has 23 heavy (non-hydrogen) atoms. The van der Waals surface area contributed by atoms with E-state index in [4.69, 9.17) is 6.42 Å². The molecule has 0 spiro atoms. The first-order valence-electron chi connectivity index (χ1n) is 7.48. The maximum atomic E-state index is 12.8. The smallest absolute Gasteiger partial charge is 0.211 e. The van der Waals surface area contributed by atoms with E-state index in [1.165, 1.54) is 16.6 Å². The normalized spacial score (nSPS) is 13.2. The van der Waals surface area contributed by atoms with Crippen molar-refractivity contribution in [3.05, 3.63) is 51.0 Å². The number of hydrogen-bond donors (Lipinski definition) is 0. The number of rotatable bonds is 3. The van der Waals surface area contributed by atoms with Crippen molar-refractivity contribution in [1.29, 1.82) is 0 Å². The van der Waals surface area contributed by atoms with Gasteiger partial charge in [0.05, 0.1) is 5.75 Å². The van der Waals surface area contributed by atoms with Gasteiger partial charge in [-0.2, -0.15) is 0 Å². The Hall–Kier alpha value is -2.03. The van der Waals surface area contributed by atoms with Crippen LogP contribution in [-0.2, 0) is 12.8 Å². The Labute approximate surface area is 142 Å². The molecule has 2 heterocycles. The topological polar surface area (TPSA) is 34.9 Å². The van der Waals surface area contributed by atoms with Crippen LogP contribution < -0.4 is 5.43 Å². The van der Waals surface area contributed by atoms with Crippen molar-refractivity contribution in [1.82, 2.24) is 9.55 Å². The predicted octanol–water partition coefficient (Wildman–Crippen LogP) is 3.66. The van der Waals surface area contributed by atoms with Crippen LogP contribution in [0.25, 0.3) is 16.0 Å². The molecule has 0 saturated carbocycles. The van der Waals surface area contributed by atoms with Gasteiger partial charge < -0.3 is 0 Å². The Morgan fingerprint density at radius 3 is 2.91 bits per heavy atom. The first-order chi connectivity index (χ1) is 11.3. The van der Waals surface area contributed by atoms with Crippen LogP contribution in [0, 0.1) is 12.3 Å². The third-order valence-corrected chi connectivity index (χ3v) is 6.09. The number of nitrogens with zero attached hydrogens (tertiary/aromatic N) is 2. The highest BCUT2D eigenvalue weighted by Gasteiger charge is 2.23. The molecule has 3 nitrogen and oxygen atoms in total. The Morgan fingerprint density at radius 2 is 2.13 bits per heavy atom. The van der Waals surface area contributed by atoms with Gasteiger partial charge in [-0.05, 0) is 31.4 Å². The van der Waals surface area contributed by atoms with Gasteiger partial charge in [-0.15, -0.1) is 17.8 Å². The number of fused-ring (bicyclic) bond motifs is 2. The Morgan fingerprint density at radius 1 is 1.30 bits per heavy atom. The van der Waals surface area contributed by atoms with Crippen molar-refractivity contribution in [2.24, 2.45) is 0 Å². The molecule has 0 saturated heterocycles. The summed E-state index contributed by atoms with van der Waals surface area (Å²) >= 11 is 3.20. The molecule has 4 rings (SSSR count). The average Bonchev–Trinajstić information content (AvgIpc) is 3.18. The Bertz CT molecular complexity index is 980. The fourth-order valence-corrected chi connectivity index (χ4v) is 5.03. The molecule has 0 atom stereocenters. The van der Waals surface area contributed by atoms with E-state index in [0.29, 0.717) is 11.3 Å². The minimum atomic E-state index is 0.100. The monoisotopic (exact) mass is 338 g/mol. The molecule has 0 N–H and O–H groups in total. The van der Waals surface area contributed by atoms with Gasteiger partial charge in [0.25, 0.3) is 0 Å². The van der Waals surface area contributed by atoms with Crippen LogP contribution in [0.1, 0.15) is 16.9 Å². The zero-order valence-corrected chi connectivity index (χ0v) is 14.0. The number of thioether (sulfide) groups is 1. The largest absolute Gasteiger partial charge is 0.287 e. The van der Waals surface area contributed by atoms with Crippen molar-refractivity contribution < 1.29 is 0 Å². The standard InChI is InChI=1S/C18H14N2OS2/c1-2-11-22-18-19-15-16(21)13-9-6-10-14(13)23-17(15)20(18)12-7-4-3-5-8-12/h1,3-5,7-8H,6,9-11H2. The van der Waals surface area contributed by atoms with Crippen LogP contribution in [0.3, 0.4) is 0 Å². The lowest BCUT2D eigenvalue weighted by Gasteiger charge is -2.08. The fraction of sp³-hybridized carbons (Fsp3) is 0.222. The summed E-state index contributed by atoms with van der Waals surface area (Å²) in [6.45, 7) is 0. The van der Waals surface area contributed by atoms with Crippen LogP contribution in [0.4, 0.5) is 0 Å². The van der Waals surface area contributed by atoms with Crippen LogP contribution >= 0.6 is 23.1 Å². The summed E-state index contributed by atoms with van der Waals surface area (Å²) in [6.07, 6.45) is 8.35. The molecule has 1 aromatic carbocycles. The lowest BCUT2D eigenvalue weighted by Crippen LogP contribution is -2.07. The summed E-state index contributed by atoms with van der Waals surface area (Å²) in [4.78, 5) is 19.6. The van der Waals surface area contributed by atoms with E-state index in [0.717, 1.165) is 40.5 Å². The summed E-state index contributed by atoms with van der Waals surface area (Å²) in [7, 11) is 0. The molecule has 0 radical (unpaired) electrons. The molecule has 5 heteroatoms. The molecule has 0 fully saturated rings. The average molecular weight is 338 g/mol. The van der Waals surface area contributed by atoms with Gasteiger partial charge in [-0.1, -0.05) is 35.9 Å². The lowest BCUT2D eigenvalue weighted by atomic mass is 10.2. The van der Waals surface area contributed by atoms with Gasteiger partial charge in [0.1, 0.15) is 10.3 Å². The van der Waals surface area contributed by atoms with Gasteiger partial charge in [0, 0.05) is 16.1 Å². The van der Waals surface area contributed by atoms with E-state index >= 15 is 0 Å². The summed E-state index contributed by atoms with van der Waals surface area (Å²) in [5.41, 5.74) is 2.67. The van der Waals surface area contributed by atoms with Crippen molar-refractivity contribution in [3.8, 4) is 18.0 Å². The predicted molar refractivity (Wildman–Crippen MR) is 96.8 cm³/mol. The van der Waals surface area contributed by atoms with Crippen molar-refractivity contribution in [2.75, 3.05) is 5.75 Å². The van der Waals surface area contributed by atoms with Crippen molar-refractivity contribution in [3.63, 3.8) is 0 Å². The highest BCUT2D eigenvalue weighted by Crippen LogP contribution is 2.33. The molecule has 0 bridgehead atoms. The summed E-state index contributed by atoms with van der Waals surface area (Å²) in [5, 5.41) is 0.793. The van der Waals surface area contributed by atoms with E-state index in [9.17, 15) is 4.79 Å². The first kappa shape index (κ1) is 14.6. The van der Waals surface area contributed by atoms with Crippen LogP contribution in [0.5, 0.6) is 0 Å². The van der Waals surface area contributed by atoms with Gasteiger partial charge >= 0.3 is 0 Å². The van der Waals surface area contributed by atoms with Crippen LogP contribution in [-0.4, -0.2) is 15.3 Å². The number of benzene rings is 1. The highest BCUT2D eigenvalue weighted by atomic mass is 32.2. The summed E-state index contributed by atoms with van der Waals surface area (Å²) in [6, 6.07) is 10.0. The molecular formula is C18H14N2OS2. The molecule has 0 unspecified atom stereocenters. The molecule has 2 aromatic heterocycles. The van der Waals surface area contributed by atoms with Gasteiger partial charge in [0.2, 0.25) is 5.43 Å². The number of imidazole rings is 1. The molecule has 1 aliphatic carbocycles. The molecule has 3 aromatic rings. The zero-order chi connectivity index (χ0) is 15.8. The quantitative estimate of drug-likeness (QED) is 0.540. The lowest BCUT2D eigenvalue weighted by molar-refractivity contribution is 0.911. The molecule has 114 valence electrons. The van der Waals surface area contributed by atoms with E-state index in [1.54, 1.807) is 11.3 Å². The summed E-state index contributed by atoms with van der Waals surface area (Å²) in [5.74, 6) is 3.17. The number of aromatic nitrogens is 2. The summed E-state index contributed by atoms with van der Waals surface area (Å²) < 4.78 is 2.07. The number of aryl methyl sites for hydroxylation is 1. The van der Waals surface area contributed by atoms with E-state index < -0.39 is 0 Å². The van der Waals surface area contributed by atoms with Gasteiger partial charge in [-0.25, -0.2) is 4.98 Å². The van der Waals surface area contributed by atoms with Crippen LogP contribution in [0.15, 0.2) is 40.3 Å². The maximum Gasteiger partial charge on any atom is 0.211 e. The second-order valence-electron chi connectivity index (χ2n) is 5.40. The van der Waals surface area contributed by atoms with E-state index in [1.807, 2.05) is 30.3 Å². The van der Waals surface area contributed by atoms with E-state index in [-0.39, 0.29) is 5.43 Å². The first-order valence-corrected chi connectivity index (χ1v) is 9.29. The van der Waals surface area contributed by atoms with Gasteiger partial charge in [-0.3, -0.25) is 9.36 Å². The zero-order valence-electron chi connectivity index (χ0n) is 12.4. The van der Waals surface area contributed by atoms with Crippen molar-refractivity contribution >= 4 is 33.4 Å². The van der Waals surface area contributed by atoms with Crippen LogP contribution in [0.2, 0.25) is 0 Å². The number of para-hydroxylation sites is 1. The highest BCUT2D eigenvalue weighted by molar-refractivity contribution is 7.99. The van der Waals surface area contributed by atoms with Gasteiger partial charge in [0.15, 0.2) is 5.16 Å². The minimum Gasteiger partial charge on any atom is -0.287 e. The second kappa shape index (κ2) is 5.88. The van der Waals surface area contributed by atoms with Crippen molar-refractivity contribution in [2.45, 2.75) is 24.4 Å². The van der Waals surface area contributed by atoms with E-state index in [2.05, 4.69) is 15.5 Å². The maximum absolute atomic E-state index is 12.8. The molecule has 0 aliphatic heterocycles. The minimum absolute atomic E-state index is 0.100. The molecular weight excluding hydrogens is 324 g/mol. The number of terminal acetylenes is 1. The Kier molecular flexibility index (Phi) is 3.72. The third-order valence-electron chi connectivity index (χ3n) is 3.98. The third kappa shape index (κ3) is 2.39. The fourth-order valence-electron chi connectivity index (χ4n) is 2.96. The Balaban J connectivity index is 2.03. The second-order valence-corrected chi connectivity index (χ2v) is 7.42. The number of hydrogen-bond acceptors (Lipinski definition) is 4. The molecule has 1 aliphatic rings. The molecule has 0 amide bonds. The SMILES string of the molecule is C#CCSc1nc2c(=O)c3c(sc2n1-c1ccccc1)CCC3.